The van der Waals surface area contributed by atoms with E-state index < -0.39 is 0 Å². The first-order chi connectivity index (χ1) is 10.4. The fourth-order valence-electron chi connectivity index (χ4n) is 2.39. The average molecular weight is 322 g/mol. The minimum atomic E-state index is -0.0191. The molecule has 1 heterocycles. The van der Waals surface area contributed by atoms with Crippen molar-refractivity contribution in [2.45, 2.75) is 12.5 Å². The molecule has 1 N–H and O–H groups in total. The lowest BCUT2D eigenvalue weighted by Gasteiger charge is -2.20. The van der Waals surface area contributed by atoms with Crippen molar-refractivity contribution in [3.8, 4) is 17.2 Å². The summed E-state index contributed by atoms with van der Waals surface area (Å²) in [5, 5.41) is 3.17. The lowest BCUT2D eigenvalue weighted by atomic mass is 10.1. The molecule has 22 heavy (non-hydrogen) atoms. The lowest BCUT2D eigenvalue weighted by molar-refractivity contribution is 0.158. The predicted molar refractivity (Wildman–Crippen MR) is 88.2 cm³/mol. The van der Waals surface area contributed by atoms with Crippen LogP contribution < -0.4 is 19.5 Å². The molecule has 2 aromatic carbocycles. The predicted octanol–water partition coefficient (Wildman–Crippen LogP) is 3.57. The second kappa shape index (κ2) is 7.92. The summed E-state index contributed by atoms with van der Waals surface area (Å²) in [5.74, 6) is 2.17. The maximum Gasteiger partial charge on any atom is 0.231 e. The summed E-state index contributed by atoms with van der Waals surface area (Å²) >= 11 is 0. The van der Waals surface area contributed by atoms with E-state index in [1.54, 1.807) is 0 Å². The molecular formula is C17H20ClNO3. The molecule has 0 unspecified atom stereocenters. The Balaban J connectivity index is 0.00000176. The summed E-state index contributed by atoms with van der Waals surface area (Å²) in [6, 6.07) is 16.0. The number of benzene rings is 2. The molecule has 1 atom stereocenters. The fraction of sp³-hybridized carbons (Fsp3) is 0.294. The van der Waals surface area contributed by atoms with Gasteiger partial charge in [-0.05, 0) is 31.3 Å². The molecule has 4 nitrogen and oxygen atoms in total. The van der Waals surface area contributed by atoms with Crippen LogP contribution in [0.15, 0.2) is 48.5 Å². The molecule has 0 spiro atoms. The molecule has 0 bridgehead atoms. The monoisotopic (exact) mass is 321 g/mol. The Hall–Kier alpha value is -1.91. The van der Waals surface area contributed by atoms with Crippen LogP contribution in [0.4, 0.5) is 0 Å². The van der Waals surface area contributed by atoms with Gasteiger partial charge in [0.25, 0.3) is 0 Å². The smallest absolute Gasteiger partial charge is 0.231 e. The first-order valence-corrected chi connectivity index (χ1v) is 7.13. The quantitative estimate of drug-likeness (QED) is 0.883. The van der Waals surface area contributed by atoms with Gasteiger partial charge in [0.05, 0.1) is 0 Å². The fourth-order valence-corrected chi connectivity index (χ4v) is 2.39. The van der Waals surface area contributed by atoms with E-state index in [2.05, 4.69) is 17.4 Å². The minimum Gasteiger partial charge on any atom is -0.482 e. The summed E-state index contributed by atoms with van der Waals surface area (Å²) in [6.45, 7) is 1.13. The lowest BCUT2D eigenvalue weighted by Crippen LogP contribution is -2.16. The highest BCUT2D eigenvalue weighted by atomic mass is 35.5. The molecule has 0 fully saturated rings. The molecular weight excluding hydrogens is 302 g/mol. The number of fused-ring (bicyclic) bond motifs is 1. The van der Waals surface area contributed by atoms with Gasteiger partial charge in [0.2, 0.25) is 12.5 Å². The number of ether oxygens (including phenoxy) is 3. The largest absolute Gasteiger partial charge is 0.482 e. The maximum absolute atomic E-state index is 6.20. The van der Waals surface area contributed by atoms with Crippen LogP contribution in [0.3, 0.4) is 0 Å². The molecule has 0 radical (unpaired) electrons. The summed E-state index contributed by atoms with van der Waals surface area (Å²) in [4.78, 5) is 0. The molecule has 2 aromatic rings. The molecule has 0 saturated heterocycles. The van der Waals surface area contributed by atoms with Crippen molar-refractivity contribution in [2.75, 3.05) is 20.4 Å². The number of halogens is 1. The van der Waals surface area contributed by atoms with Crippen molar-refractivity contribution < 1.29 is 14.2 Å². The van der Waals surface area contributed by atoms with E-state index in [0.717, 1.165) is 30.0 Å². The highest BCUT2D eigenvalue weighted by molar-refractivity contribution is 5.85. The Morgan fingerprint density at radius 2 is 1.91 bits per heavy atom. The van der Waals surface area contributed by atoms with Crippen molar-refractivity contribution in [3.63, 3.8) is 0 Å². The van der Waals surface area contributed by atoms with Crippen molar-refractivity contribution in [1.82, 2.24) is 5.32 Å². The van der Waals surface area contributed by atoms with E-state index >= 15 is 0 Å². The van der Waals surface area contributed by atoms with E-state index in [1.807, 2.05) is 43.4 Å². The van der Waals surface area contributed by atoms with Crippen LogP contribution in [0.5, 0.6) is 17.2 Å². The standard InChI is InChI=1S/C17H19NO3.ClH/c1-18-11-10-14(13-6-3-2-4-7-13)21-16-9-5-8-15-17(16)20-12-19-15;/h2-9,14,18H,10-12H2,1H3;1H/t14-;/m1./s1. The minimum absolute atomic E-state index is 0. The maximum atomic E-state index is 6.20. The van der Waals surface area contributed by atoms with E-state index in [-0.39, 0.29) is 25.3 Å². The highest BCUT2D eigenvalue weighted by Crippen LogP contribution is 2.42. The molecule has 5 heteroatoms. The Morgan fingerprint density at radius 1 is 1.09 bits per heavy atom. The van der Waals surface area contributed by atoms with Gasteiger partial charge in [-0.1, -0.05) is 36.4 Å². The zero-order chi connectivity index (χ0) is 14.5. The number of para-hydroxylation sites is 1. The first kappa shape index (κ1) is 16.5. The molecule has 0 amide bonds. The van der Waals surface area contributed by atoms with Crippen LogP contribution in [0.2, 0.25) is 0 Å². The van der Waals surface area contributed by atoms with Gasteiger partial charge in [0, 0.05) is 6.42 Å². The second-order valence-electron chi connectivity index (χ2n) is 4.90. The third kappa shape index (κ3) is 3.64. The van der Waals surface area contributed by atoms with Gasteiger partial charge in [0.1, 0.15) is 6.10 Å². The third-order valence-electron chi connectivity index (χ3n) is 3.46. The Bertz CT molecular complexity index is 592. The van der Waals surface area contributed by atoms with Gasteiger partial charge in [-0.15, -0.1) is 12.4 Å². The van der Waals surface area contributed by atoms with E-state index in [0.29, 0.717) is 5.75 Å². The number of hydrogen-bond donors (Lipinski definition) is 1. The van der Waals surface area contributed by atoms with Gasteiger partial charge < -0.3 is 19.5 Å². The van der Waals surface area contributed by atoms with Crippen LogP contribution in [0.1, 0.15) is 18.1 Å². The van der Waals surface area contributed by atoms with Gasteiger partial charge >= 0.3 is 0 Å². The molecule has 1 aliphatic rings. The number of nitrogens with one attached hydrogen (secondary N) is 1. The third-order valence-corrected chi connectivity index (χ3v) is 3.46. The first-order valence-electron chi connectivity index (χ1n) is 7.13. The molecule has 118 valence electrons. The second-order valence-corrected chi connectivity index (χ2v) is 4.90. The molecule has 0 aliphatic carbocycles. The van der Waals surface area contributed by atoms with Crippen molar-refractivity contribution >= 4 is 12.4 Å². The Kier molecular flexibility index (Phi) is 5.92. The van der Waals surface area contributed by atoms with Crippen molar-refractivity contribution in [3.05, 3.63) is 54.1 Å². The Morgan fingerprint density at radius 3 is 2.68 bits per heavy atom. The van der Waals surface area contributed by atoms with Crippen molar-refractivity contribution in [1.29, 1.82) is 0 Å². The Labute approximate surface area is 136 Å². The van der Waals surface area contributed by atoms with Gasteiger partial charge in [0.15, 0.2) is 11.5 Å². The summed E-state index contributed by atoms with van der Waals surface area (Å²) in [6.07, 6.45) is 0.861. The number of hydrogen-bond acceptors (Lipinski definition) is 4. The normalized spacial score (nSPS) is 13.3. The van der Waals surface area contributed by atoms with E-state index in [4.69, 9.17) is 14.2 Å². The van der Waals surface area contributed by atoms with Crippen LogP contribution in [0, 0.1) is 0 Å². The van der Waals surface area contributed by atoms with Crippen LogP contribution in [-0.4, -0.2) is 20.4 Å². The molecule has 1 aliphatic heterocycles. The van der Waals surface area contributed by atoms with E-state index in [1.165, 1.54) is 0 Å². The van der Waals surface area contributed by atoms with Gasteiger partial charge in [-0.3, -0.25) is 0 Å². The van der Waals surface area contributed by atoms with Crippen LogP contribution in [-0.2, 0) is 0 Å². The summed E-state index contributed by atoms with van der Waals surface area (Å²) in [7, 11) is 1.94. The summed E-state index contributed by atoms with van der Waals surface area (Å²) in [5.41, 5.74) is 1.16. The van der Waals surface area contributed by atoms with Crippen LogP contribution in [0.25, 0.3) is 0 Å². The van der Waals surface area contributed by atoms with Crippen LogP contribution >= 0.6 is 12.4 Å². The SMILES string of the molecule is CNCC[C@@H](Oc1cccc2c1OCO2)c1ccccc1.Cl. The van der Waals surface area contributed by atoms with Crippen molar-refractivity contribution in [2.24, 2.45) is 0 Å². The topological polar surface area (TPSA) is 39.7 Å². The van der Waals surface area contributed by atoms with Gasteiger partial charge in [-0.25, -0.2) is 0 Å². The zero-order valence-electron chi connectivity index (χ0n) is 12.5. The average Bonchev–Trinajstić information content (AvgIpc) is 3.01. The summed E-state index contributed by atoms with van der Waals surface area (Å²) < 4.78 is 17.1. The van der Waals surface area contributed by atoms with E-state index in [9.17, 15) is 0 Å². The number of rotatable bonds is 6. The molecule has 0 saturated carbocycles. The highest BCUT2D eigenvalue weighted by Gasteiger charge is 2.21. The van der Waals surface area contributed by atoms with Gasteiger partial charge in [-0.2, -0.15) is 0 Å². The zero-order valence-corrected chi connectivity index (χ0v) is 13.3. The molecule has 0 aromatic heterocycles. The molecule has 3 rings (SSSR count).